The number of benzene rings is 2. The van der Waals surface area contributed by atoms with Crippen molar-refractivity contribution in [2.24, 2.45) is 0 Å². The van der Waals surface area contributed by atoms with E-state index in [1.54, 1.807) is 31.6 Å². The van der Waals surface area contributed by atoms with E-state index in [4.69, 9.17) is 9.90 Å². The third-order valence-corrected chi connectivity index (χ3v) is 13.8. The van der Waals surface area contributed by atoms with E-state index in [0.29, 0.717) is 66.5 Å². The number of fused-ring (bicyclic) bond motifs is 1. The van der Waals surface area contributed by atoms with Gasteiger partial charge < -0.3 is 25.6 Å². The number of carbonyl (C=O) groups is 5. The molecule has 6 N–H and O–H groups in total. The van der Waals surface area contributed by atoms with E-state index in [-0.39, 0.29) is 42.3 Å². The molecule has 0 spiro atoms. The van der Waals surface area contributed by atoms with Crippen LogP contribution in [0, 0.1) is 11.6 Å². The van der Waals surface area contributed by atoms with Gasteiger partial charge >= 0.3 is 10.2 Å². The van der Waals surface area contributed by atoms with Crippen LogP contribution in [0.1, 0.15) is 72.9 Å². The van der Waals surface area contributed by atoms with E-state index in [9.17, 15) is 27.6 Å². The summed E-state index contributed by atoms with van der Waals surface area (Å²) in [5.41, 5.74) is 1.97. The normalized spacial score (nSPS) is 17.4. The van der Waals surface area contributed by atoms with Gasteiger partial charge in [0.15, 0.2) is 5.82 Å². The fourth-order valence-corrected chi connectivity index (χ4v) is 9.28. The fraction of sp³-hybridized carbons (Fsp3) is 0.378. The number of carboxylic acid groups (broad SMARTS) is 1. The molecule has 19 nitrogen and oxygen atoms in total. The Labute approximate surface area is 384 Å². The number of nitrogens with one attached hydrogen (secondary N) is 5. The van der Waals surface area contributed by atoms with E-state index in [2.05, 4.69) is 62.5 Å². The number of rotatable bonds is 14. The van der Waals surface area contributed by atoms with Crippen LogP contribution in [-0.4, -0.2) is 131 Å². The number of amides is 3. The summed E-state index contributed by atoms with van der Waals surface area (Å²) in [5, 5.41) is 16.0. The van der Waals surface area contributed by atoms with Gasteiger partial charge in [-0.25, -0.2) is 23.7 Å². The number of hydrogen-bond donors (Lipinski definition) is 6. The molecule has 6 heterocycles. The molecule has 3 aliphatic heterocycles. The van der Waals surface area contributed by atoms with Crippen molar-refractivity contribution in [2.75, 3.05) is 61.3 Å². The zero-order valence-corrected chi connectivity index (χ0v) is 37.6. The highest BCUT2D eigenvalue weighted by Gasteiger charge is 2.30. The second-order valence-corrected chi connectivity index (χ2v) is 18.3. The number of H-pyrrole nitrogens is 1. The van der Waals surface area contributed by atoms with Crippen molar-refractivity contribution in [1.82, 2.24) is 39.8 Å². The lowest BCUT2D eigenvalue weighted by Crippen LogP contribution is -2.48. The van der Waals surface area contributed by atoms with Gasteiger partial charge in [-0.1, -0.05) is 19.1 Å². The van der Waals surface area contributed by atoms with E-state index >= 15 is 8.78 Å². The second-order valence-electron chi connectivity index (χ2n) is 16.5. The first-order chi connectivity index (χ1) is 32.2. The number of nitrogens with zero attached hydrogens (tertiary/aromatic N) is 6. The third kappa shape index (κ3) is 11.4. The predicted octanol–water partition coefficient (Wildman–Crippen LogP) is 4.02. The van der Waals surface area contributed by atoms with Crippen LogP contribution < -0.4 is 25.6 Å². The van der Waals surface area contributed by atoms with Crippen LogP contribution >= 0.6 is 0 Å². The Morgan fingerprint density at radius 1 is 0.940 bits per heavy atom. The van der Waals surface area contributed by atoms with Crippen LogP contribution in [0.2, 0.25) is 0 Å². The second kappa shape index (κ2) is 21.2. The molecule has 8 rings (SSSR count). The zero-order valence-electron chi connectivity index (χ0n) is 36.8. The molecule has 3 amide bonds. The van der Waals surface area contributed by atoms with Crippen LogP contribution in [0.4, 0.5) is 26.1 Å². The minimum Gasteiger partial charge on any atom is -0.483 e. The van der Waals surface area contributed by atoms with Gasteiger partial charge in [0.1, 0.15) is 17.5 Å². The van der Waals surface area contributed by atoms with Gasteiger partial charge in [0.05, 0.1) is 17.8 Å². The van der Waals surface area contributed by atoms with Crippen molar-refractivity contribution in [2.45, 2.75) is 63.5 Å². The van der Waals surface area contributed by atoms with Gasteiger partial charge in [0, 0.05) is 91.7 Å². The first-order valence-corrected chi connectivity index (χ1v) is 23.2. The van der Waals surface area contributed by atoms with Crippen molar-refractivity contribution in [3.8, 4) is 11.1 Å². The molecule has 3 aromatic heterocycles. The largest absolute Gasteiger partial charge is 0.483 e. The molecule has 3 fully saturated rings. The van der Waals surface area contributed by atoms with Gasteiger partial charge in [-0.15, -0.1) is 0 Å². The number of ketones is 1. The number of piperidine rings is 3. The highest BCUT2D eigenvalue weighted by atomic mass is 32.2. The van der Waals surface area contributed by atoms with Crippen LogP contribution in [-0.2, 0) is 29.4 Å². The molecular formula is C45H51F2N11O8S. The third-order valence-electron chi connectivity index (χ3n) is 12.2. The van der Waals surface area contributed by atoms with Crippen LogP contribution in [0.15, 0.2) is 67.3 Å². The summed E-state index contributed by atoms with van der Waals surface area (Å²) in [5.74, 6) is -3.12. The Balaban J connectivity index is 0.00000216. The molecule has 67 heavy (non-hydrogen) atoms. The lowest BCUT2D eigenvalue weighted by atomic mass is 9.89. The number of aromatic nitrogens is 4. The molecule has 22 heteroatoms. The summed E-state index contributed by atoms with van der Waals surface area (Å²) in [6.07, 6.45) is 10.3. The van der Waals surface area contributed by atoms with Gasteiger partial charge in [0.25, 0.3) is 6.47 Å². The summed E-state index contributed by atoms with van der Waals surface area (Å²) in [6, 6.07) is 11.1. The maximum atomic E-state index is 15.6. The Kier molecular flexibility index (Phi) is 15.2. The summed E-state index contributed by atoms with van der Waals surface area (Å²) in [7, 11) is -2.86. The molecule has 3 saturated heterocycles. The molecule has 0 aliphatic carbocycles. The molecule has 3 aliphatic rings. The van der Waals surface area contributed by atoms with E-state index < -0.39 is 44.9 Å². The maximum Gasteiger partial charge on any atom is 0.301 e. The number of halogens is 2. The SMILES string of the molecule is CCN(C)S(=O)(=O)Nc1ccc(F)c(C(=O)c2c[nH]c3ncc(-c4cnc(N5CCC(NC(=O)CN6CCC(c7ccc(NC8CCC(=O)NC8=O)cc7)CC6)CC5)nc4)cc23)c1F.O=CO. The average molecular weight is 944 g/mol. The van der Waals surface area contributed by atoms with Gasteiger partial charge in [-0.05, 0) is 87.0 Å². The standard InChI is InChI=1S/C44H49F2N11O6S.CH2O2/c1-3-55(2)64(62,63)54-35-9-8-34(45)39(40(35)46)41(60)33-24-48-42-32(33)20-28(21-47-42)29-22-49-44(50-23-29)57-18-14-31(15-19-57)52-38(59)25-56-16-12-27(13-17-56)26-4-6-30(7-5-26)51-36-10-11-37(58)53-43(36)61;2-1-3/h4-9,20-24,27,31,36,51,54H,3,10-19,25H2,1-2H3,(H,47,48)(H,52,59)(H,53,58,61);1H,(H,2,3). The summed E-state index contributed by atoms with van der Waals surface area (Å²) < 4.78 is 58.7. The minimum atomic E-state index is -4.15. The monoisotopic (exact) mass is 943 g/mol. The Morgan fingerprint density at radius 2 is 1.61 bits per heavy atom. The minimum absolute atomic E-state index is 0.00549. The van der Waals surface area contributed by atoms with Gasteiger partial charge in [-0.3, -0.25) is 38.9 Å². The highest BCUT2D eigenvalue weighted by molar-refractivity contribution is 7.90. The summed E-state index contributed by atoms with van der Waals surface area (Å²) >= 11 is 0. The smallest absolute Gasteiger partial charge is 0.301 e. The molecule has 0 radical (unpaired) electrons. The number of aromatic amines is 1. The van der Waals surface area contributed by atoms with Crippen molar-refractivity contribution in [3.05, 3.63) is 95.6 Å². The number of hydrogen-bond acceptors (Lipinski definition) is 13. The number of carbonyl (C=O) groups excluding carboxylic acids is 4. The quantitative estimate of drug-likeness (QED) is 0.0523. The van der Waals surface area contributed by atoms with Crippen molar-refractivity contribution < 1.29 is 46.3 Å². The van der Waals surface area contributed by atoms with Crippen LogP contribution in [0.25, 0.3) is 22.2 Å². The van der Waals surface area contributed by atoms with Crippen LogP contribution in [0.5, 0.6) is 0 Å². The zero-order chi connectivity index (χ0) is 47.8. The topological polar surface area (TPSA) is 252 Å². The number of pyridine rings is 1. The fourth-order valence-electron chi connectivity index (χ4n) is 8.35. The number of anilines is 3. The Hall–Kier alpha value is -6.91. The molecule has 1 atom stereocenters. The molecule has 0 bridgehead atoms. The Bertz CT molecular complexity index is 2730. The van der Waals surface area contributed by atoms with Gasteiger partial charge in [-0.2, -0.15) is 12.7 Å². The van der Waals surface area contributed by atoms with Crippen molar-refractivity contribution in [1.29, 1.82) is 0 Å². The molecule has 0 saturated carbocycles. The lowest BCUT2D eigenvalue weighted by Gasteiger charge is -2.34. The highest BCUT2D eigenvalue weighted by Crippen LogP contribution is 2.32. The lowest BCUT2D eigenvalue weighted by molar-refractivity contribution is -0.133. The number of imide groups is 1. The van der Waals surface area contributed by atoms with E-state index in [1.165, 1.54) is 18.8 Å². The van der Waals surface area contributed by atoms with Crippen molar-refractivity contribution in [3.63, 3.8) is 0 Å². The maximum absolute atomic E-state index is 15.6. The first-order valence-electron chi connectivity index (χ1n) is 21.8. The van der Waals surface area contributed by atoms with E-state index in [0.717, 1.165) is 60.9 Å². The summed E-state index contributed by atoms with van der Waals surface area (Å²) in [6.45, 7) is 4.70. The molecule has 354 valence electrons. The summed E-state index contributed by atoms with van der Waals surface area (Å²) in [4.78, 5) is 79.3. The number of likely N-dealkylation sites (tertiary alicyclic amines) is 1. The Morgan fingerprint density at radius 3 is 2.27 bits per heavy atom. The van der Waals surface area contributed by atoms with Gasteiger partial charge in [0.2, 0.25) is 29.5 Å². The molecule has 5 aromatic rings. The van der Waals surface area contributed by atoms with Crippen LogP contribution in [0.3, 0.4) is 0 Å². The van der Waals surface area contributed by atoms with E-state index in [1.807, 2.05) is 12.1 Å². The van der Waals surface area contributed by atoms with Crippen molar-refractivity contribution >= 4 is 68.5 Å². The molecule has 1 unspecified atom stereocenters. The predicted molar refractivity (Wildman–Crippen MR) is 244 cm³/mol. The first kappa shape index (κ1) is 48.0. The molecule has 2 aromatic carbocycles. The molecular weight excluding hydrogens is 893 g/mol. The average Bonchev–Trinajstić information content (AvgIpc) is 3.75.